The minimum atomic E-state index is 0.365. The molecule has 1 aliphatic heterocycles. The van der Waals surface area contributed by atoms with Gasteiger partial charge in [0.15, 0.2) is 5.65 Å². The summed E-state index contributed by atoms with van der Waals surface area (Å²) in [5, 5.41) is 9.60. The van der Waals surface area contributed by atoms with E-state index >= 15 is 0 Å². The maximum atomic E-state index is 5.74. The zero-order valence-corrected chi connectivity index (χ0v) is 23.3. The number of fused-ring (bicyclic) bond motifs is 2. The zero-order valence-electron chi connectivity index (χ0n) is 23.3. The van der Waals surface area contributed by atoms with Gasteiger partial charge >= 0.3 is 6.01 Å². The SMILES string of the molecule is CC(C)c1c(-c2ccnc3[nH]ncc23)[nH]c2ccc(C3CCN(Cc4ccc(Oc5ncccn5)cc4)CC3)cc12. The molecule has 0 unspecified atom stereocenters. The van der Waals surface area contributed by atoms with Crippen molar-refractivity contribution in [2.24, 2.45) is 0 Å². The van der Waals surface area contributed by atoms with Crippen LogP contribution < -0.4 is 4.74 Å². The second-order valence-corrected chi connectivity index (χ2v) is 11.2. The van der Waals surface area contributed by atoms with E-state index in [1.807, 2.05) is 24.5 Å². The predicted molar refractivity (Wildman–Crippen MR) is 161 cm³/mol. The summed E-state index contributed by atoms with van der Waals surface area (Å²) in [6.07, 6.45) is 9.40. The normalized spacial score (nSPS) is 14.8. The molecule has 1 saturated heterocycles. The van der Waals surface area contributed by atoms with E-state index in [0.29, 0.717) is 17.8 Å². The average Bonchev–Trinajstić information content (AvgIpc) is 3.64. The highest BCUT2D eigenvalue weighted by molar-refractivity contribution is 5.98. The van der Waals surface area contributed by atoms with Crippen LogP contribution in [0.1, 0.15) is 55.2 Å². The molecular formula is C33H33N7O. The van der Waals surface area contributed by atoms with Crippen LogP contribution in [-0.4, -0.2) is 48.1 Å². The highest BCUT2D eigenvalue weighted by atomic mass is 16.5. The van der Waals surface area contributed by atoms with Crippen LogP contribution in [0.15, 0.2) is 79.4 Å². The molecule has 41 heavy (non-hydrogen) atoms. The van der Waals surface area contributed by atoms with Crippen molar-refractivity contribution in [1.82, 2.24) is 35.0 Å². The van der Waals surface area contributed by atoms with Crippen molar-refractivity contribution in [2.75, 3.05) is 13.1 Å². The summed E-state index contributed by atoms with van der Waals surface area (Å²) >= 11 is 0. The van der Waals surface area contributed by atoms with Crippen molar-refractivity contribution in [3.05, 3.63) is 96.1 Å². The number of likely N-dealkylation sites (tertiary alicyclic amines) is 1. The van der Waals surface area contributed by atoms with Crippen molar-refractivity contribution in [3.63, 3.8) is 0 Å². The number of nitrogens with one attached hydrogen (secondary N) is 2. The van der Waals surface area contributed by atoms with Crippen LogP contribution in [-0.2, 0) is 6.54 Å². The van der Waals surface area contributed by atoms with Crippen LogP contribution in [0.25, 0.3) is 33.2 Å². The number of pyridine rings is 1. The van der Waals surface area contributed by atoms with Crippen LogP contribution >= 0.6 is 0 Å². The highest BCUT2D eigenvalue weighted by Crippen LogP contribution is 2.40. The van der Waals surface area contributed by atoms with Crippen LogP contribution in [0.5, 0.6) is 11.8 Å². The van der Waals surface area contributed by atoms with Crippen molar-refractivity contribution in [1.29, 1.82) is 0 Å². The molecule has 206 valence electrons. The van der Waals surface area contributed by atoms with Crippen molar-refractivity contribution in [3.8, 4) is 23.0 Å². The van der Waals surface area contributed by atoms with E-state index in [4.69, 9.17) is 4.74 Å². The van der Waals surface area contributed by atoms with Crippen LogP contribution in [0.4, 0.5) is 0 Å². The molecule has 5 heterocycles. The van der Waals surface area contributed by atoms with Gasteiger partial charge in [0.25, 0.3) is 0 Å². The Labute approximate surface area is 238 Å². The minimum absolute atomic E-state index is 0.365. The molecule has 0 atom stereocenters. The third-order valence-electron chi connectivity index (χ3n) is 8.20. The largest absolute Gasteiger partial charge is 0.424 e. The number of H-pyrrole nitrogens is 2. The van der Waals surface area contributed by atoms with Gasteiger partial charge in [-0.2, -0.15) is 5.10 Å². The lowest BCUT2D eigenvalue weighted by Gasteiger charge is -2.32. The first kappa shape index (κ1) is 25.4. The molecule has 0 amide bonds. The topological polar surface area (TPSA) is 95.6 Å². The molecule has 0 spiro atoms. The van der Waals surface area contributed by atoms with E-state index in [2.05, 4.69) is 85.3 Å². The molecule has 8 heteroatoms. The third-order valence-corrected chi connectivity index (χ3v) is 8.20. The summed E-state index contributed by atoms with van der Waals surface area (Å²) in [6.45, 7) is 7.67. The van der Waals surface area contributed by atoms with Gasteiger partial charge in [0.2, 0.25) is 0 Å². The van der Waals surface area contributed by atoms with E-state index in [1.165, 1.54) is 33.3 Å². The molecule has 7 rings (SSSR count). The number of ether oxygens (including phenoxy) is 1. The van der Waals surface area contributed by atoms with Crippen LogP contribution in [0.3, 0.4) is 0 Å². The summed E-state index contributed by atoms with van der Waals surface area (Å²) in [6, 6.07) is 19.5. The number of rotatable bonds is 7. The average molecular weight is 544 g/mol. The van der Waals surface area contributed by atoms with Crippen molar-refractivity contribution in [2.45, 2.75) is 45.1 Å². The first-order valence-electron chi connectivity index (χ1n) is 14.3. The third kappa shape index (κ3) is 5.07. The summed E-state index contributed by atoms with van der Waals surface area (Å²) in [7, 11) is 0. The fourth-order valence-corrected chi connectivity index (χ4v) is 6.15. The monoisotopic (exact) mass is 543 g/mol. The van der Waals surface area contributed by atoms with E-state index in [0.717, 1.165) is 54.8 Å². The maximum absolute atomic E-state index is 5.74. The Kier molecular flexibility index (Phi) is 6.68. The Morgan fingerprint density at radius 1 is 0.927 bits per heavy atom. The fourth-order valence-electron chi connectivity index (χ4n) is 6.15. The van der Waals surface area contributed by atoms with E-state index < -0.39 is 0 Å². The van der Waals surface area contributed by atoms with Crippen molar-refractivity contribution < 1.29 is 4.74 Å². The molecule has 1 aliphatic rings. The second kappa shape index (κ2) is 10.8. The van der Waals surface area contributed by atoms with Crippen LogP contribution in [0, 0.1) is 0 Å². The number of benzene rings is 2. The Bertz CT molecular complexity index is 1780. The minimum Gasteiger partial charge on any atom is -0.424 e. The number of aromatic nitrogens is 6. The predicted octanol–water partition coefficient (Wildman–Crippen LogP) is 7.19. The molecule has 0 saturated carbocycles. The summed E-state index contributed by atoms with van der Waals surface area (Å²) in [5.74, 6) is 1.70. The highest BCUT2D eigenvalue weighted by Gasteiger charge is 2.23. The maximum Gasteiger partial charge on any atom is 0.321 e. The quantitative estimate of drug-likeness (QED) is 0.221. The first-order valence-corrected chi connectivity index (χ1v) is 14.3. The van der Waals surface area contributed by atoms with Gasteiger partial charge in [-0.05, 0) is 90.9 Å². The molecule has 6 aromatic rings. The Morgan fingerprint density at radius 3 is 2.51 bits per heavy atom. The Hall–Kier alpha value is -4.56. The molecular weight excluding hydrogens is 510 g/mol. The summed E-state index contributed by atoms with van der Waals surface area (Å²) in [4.78, 5) is 19.0. The molecule has 0 aliphatic carbocycles. The molecule has 1 fully saturated rings. The lowest BCUT2D eigenvalue weighted by atomic mass is 9.87. The zero-order chi connectivity index (χ0) is 27.8. The smallest absolute Gasteiger partial charge is 0.321 e. The van der Waals surface area contributed by atoms with E-state index in [9.17, 15) is 0 Å². The number of piperidine rings is 1. The molecule has 2 N–H and O–H groups in total. The van der Waals surface area contributed by atoms with Gasteiger partial charge in [-0.15, -0.1) is 0 Å². The lowest BCUT2D eigenvalue weighted by Crippen LogP contribution is -2.32. The number of hydrogen-bond donors (Lipinski definition) is 2. The number of aromatic amines is 2. The van der Waals surface area contributed by atoms with Gasteiger partial charge in [-0.1, -0.05) is 32.0 Å². The van der Waals surface area contributed by atoms with Gasteiger partial charge in [0, 0.05) is 47.0 Å². The van der Waals surface area contributed by atoms with Crippen molar-refractivity contribution >= 4 is 21.9 Å². The second-order valence-electron chi connectivity index (χ2n) is 11.2. The van der Waals surface area contributed by atoms with E-state index in [1.54, 1.807) is 18.5 Å². The van der Waals surface area contributed by atoms with Gasteiger partial charge in [-0.3, -0.25) is 10.00 Å². The first-order chi connectivity index (χ1) is 20.1. The molecule has 2 aromatic carbocycles. The summed E-state index contributed by atoms with van der Waals surface area (Å²) in [5.41, 5.74) is 8.40. The van der Waals surface area contributed by atoms with Gasteiger partial charge in [-0.25, -0.2) is 15.0 Å². The van der Waals surface area contributed by atoms with Gasteiger partial charge in [0.05, 0.1) is 11.9 Å². The molecule has 4 aromatic heterocycles. The van der Waals surface area contributed by atoms with Crippen LogP contribution in [0.2, 0.25) is 0 Å². The summed E-state index contributed by atoms with van der Waals surface area (Å²) < 4.78 is 5.74. The molecule has 0 bridgehead atoms. The molecule has 8 nitrogen and oxygen atoms in total. The van der Waals surface area contributed by atoms with Gasteiger partial charge < -0.3 is 9.72 Å². The Morgan fingerprint density at radius 2 is 1.73 bits per heavy atom. The standard InChI is InChI=1S/C33H33N7O/c1-21(2)30-27-18-24(6-9-29(27)38-31(30)26-10-15-34-32-28(26)19-37-39-32)23-11-16-40(17-12-23)20-22-4-7-25(8-5-22)41-33-35-13-3-14-36-33/h3-10,13-15,18-19,21,23,38H,11-12,16-17,20H2,1-2H3,(H,34,37,39). The number of hydrogen-bond acceptors (Lipinski definition) is 6. The molecule has 0 radical (unpaired) electrons. The fraction of sp³-hybridized carbons (Fsp3) is 0.273. The van der Waals surface area contributed by atoms with E-state index in [-0.39, 0.29) is 0 Å². The van der Waals surface area contributed by atoms with Gasteiger partial charge in [0.1, 0.15) is 5.75 Å². The number of nitrogens with zero attached hydrogens (tertiary/aromatic N) is 5. The lowest BCUT2D eigenvalue weighted by molar-refractivity contribution is 0.204. The Balaban J connectivity index is 1.05.